The molecule has 0 saturated carbocycles. The van der Waals surface area contributed by atoms with E-state index >= 15 is 0 Å². The lowest BCUT2D eigenvalue weighted by Crippen LogP contribution is -2.33. The molecule has 5 heterocycles. The SMILES string of the molecule is CCOC(=O)c1cc2c(=O)n3ccccc3nc2n(Cc2ccco2)c1=NC(=O)c1ccc2c(c1)OCO2. The van der Waals surface area contributed by atoms with E-state index in [0.717, 1.165) is 0 Å². The summed E-state index contributed by atoms with van der Waals surface area (Å²) in [7, 11) is 0. The highest BCUT2D eigenvalue weighted by molar-refractivity contribution is 5.97. The first kappa shape index (κ1) is 23.2. The molecule has 190 valence electrons. The smallest absolute Gasteiger partial charge is 0.341 e. The lowest BCUT2D eigenvalue weighted by Gasteiger charge is -2.14. The number of rotatable bonds is 5. The van der Waals surface area contributed by atoms with Crippen LogP contribution in [0.2, 0.25) is 0 Å². The van der Waals surface area contributed by atoms with Gasteiger partial charge in [0.05, 0.1) is 24.8 Å². The first-order valence-corrected chi connectivity index (χ1v) is 11.8. The second kappa shape index (κ2) is 9.36. The van der Waals surface area contributed by atoms with Gasteiger partial charge in [-0.05, 0) is 55.5 Å². The molecular weight excluding hydrogens is 492 g/mol. The number of fused-ring (bicyclic) bond motifs is 3. The van der Waals surface area contributed by atoms with Crippen molar-refractivity contribution in [3.05, 3.63) is 99.8 Å². The average molecular weight is 512 g/mol. The maximum atomic E-state index is 13.4. The zero-order valence-corrected chi connectivity index (χ0v) is 20.1. The molecule has 0 spiro atoms. The lowest BCUT2D eigenvalue weighted by molar-refractivity contribution is 0.0523. The monoisotopic (exact) mass is 512 g/mol. The molecule has 11 nitrogen and oxygen atoms in total. The highest BCUT2D eigenvalue weighted by Crippen LogP contribution is 2.32. The number of hydrogen-bond acceptors (Lipinski definition) is 8. The molecule has 38 heavy (non-hydrogen) atoms. The maximum Gasteiger partial charge on any atom is 0.341 e. The second-order valence-electron chi connectivity index (χ2n) is 8.34. The van der Waals surface area contributed by atoms with Crippen molar-refractivity contribution in [1.82, 2.24) is 14.0 Å². The van der Waals surface area contributed by atoms with Crippen LogP contribution in [0.3, 0.4) is 0 Å². The molecule has 6 rings (SSSR count). The summed E-state index contributed by atoms with van der Waals surface area (Å²) < 4.78 is 24.4. The Hall–Kier alpha value is -5.19. The van der Waals surface area contributed by atoms with E-state index in [4.69, 9.17) is 18.6 Å². The van der Waals surface area contributed by atoms with E-state index in [0.29, 0.717) is 22.9 Å². The summed E-state index contributed by atoms with van der Waals surface area (Å²) in [6.07, 6.45) is 3.09. The van der Waals surface area contributed by atoms with Crippen LogP contribution >= 0.6 is 0 Å². The number of carbonyl (C=O) groups excluding carboxylic acids is 2. The molecule has 0 aliphatic carbocycles. The van der Waals surface area contributed by atoms with Gasteiger partial charge in [0.2, 0.25) is 6.79 Å². The Kier molecular flexibility index (Phi) is 5.72. The zero-order chi connectivity index (χ0) is 26.2. The van der Waals surface area contributed by atoms with Gasteiger partial charge in [-0.2, -0.15) is 4.99 Å². The van der Waals surface area contributed by atoms with Gasteiger partial charge in [-0.15, -0.1) is 0 Å². The highest BCUT2D eigenvalue weighted by atomic mass is 16.7. The van der Waals surface area contributed by atoms with Crippen molar-refractivity contribution < 1.29 is 28.2 Å². The normalized spacial score (nSPS) is 12.8. The van der Waals surface area contributed by atoms with Crippen molar-refractivity contribution in [1.29, 1.82) is 0 Å². The fourth-order valence-corrected chi connectivity index (χ4v) is 4.26. The number of carbonyl (C=O) groups is 2. The summed E-state index contributed by atoms with van der Waals surface area (Å²) in [5, 5.41) is 0.151. The van der Waals surface area contributed by atoms with Gasteiger partial charge in [-0.1, -0.05) is 6.07 Å². The van der Waals surface area contributed by atoms with Crippen molar-refractivity contribution in [2.75, 3.05) is 13.4 Å². The van der Waals surface area contributed by atoms with Crippen molar-refractivity contribution in [2.45, 2.75) is 13.5 Å². The first-order valence-electron chi connectivity index (χ1n) is 11.8. The van der Waals surface area contributed by atoms with Crippen LogP contribution in [-0.4, -0.2) is 39.2 Å². The van der Waals surface area contributed by atoms with Crippen LogP contribution in [0.4, 0.5) is 0 Å². The van der Waals surface area contributed by atoms with Crippen LogP contribution in [0, 0.1) is 0 Å². The minimum absolute atomic E-state index is 0.0257. The molecule has 0 atom stereocenters. The van der Waals surface area contributed by atoms with Gasteiger partial charge in [0.15, 0.2) is 17.0 Å². The quantitative estimate of drug-likeness (QED) is 0.260. The lowest BCUT2D eigenvalue weighted by atomic mass is 10.1. The Bertz CT molecular complexity index is 1850. The Morgan fingerprint density at radius 3 is 2.76 bits per heavy atom. The number of amides is 1. The van der Waals surface area contributed by atoms with Gasteiger partial charge in [-0.3, -0.25) is 14.0 Å². The standard InChI is InChI=1S/C27H20N4O7/c1-2-35-27(34)19-13-18-23(28-22-7-3-4-10-30(22)26(18)33)31(14-17-6-5-11-36-17)24(19)29-25(32)16-8-9-20-21(12-16)38-15-37-20/h3-13H,2,14-15H2,1H3. The van der Waals surface area contributed by atoms with Crippen LogP contribution in [0.5, 0.6) is 11.5 Å². The number of pyridine rings is 2. The van der Waals surface area contributed by atoms with E-state index in [1.165, 1.54) is 27.4 Å². The maximum absolute atomic E-state index is 13.4. The topological polar surface area (TPSA) is 127 Å². The van der Waals surface area contributed by atoms with E-state index in [9.17, 15) is 14.4 Å². The molecule has 1 aliphatic heterocycles. The van der Waals surface area contributed by atoms with Crippen LogP contribution in [0.15, 0.2) is 81.3 Å². The molecule has 1 aliphatic rings. The predicted molar refractivity (Wildman–Crippen MR) is 133 cm³/mol. The first-order chi connectivity index (χ1) is 18.5. The minimum Gasteiger partial charge on any atom is -0.467 e. The number of nitrogens with zero attached hydrogens (tertiary/aromatic N) is 4. The van der Waals surface area contributed by atoms with E-state index in [1.54, 1.807) is 55.6 Å². The van der Waals surface area contributed by atoms with Crippen molar-refractivity contribution >= 4 is 28.6 Å². The number of aromatic nitrogens is 3. The number of hydrogen-bond donors (Lipinski definition) is 0. The highest BCUT2D eigenvalue weighted by Gasteiger charge is 2.22. The molecule has 0 unspecified atom stereocenters. The molecule has 1 aromatic carbocycles. The zero-order valence-electron chi connectivity index (χ0n) is 20.1. The van der Waals surface area contributed by atoms with Gasteiger partial charge >= 0.3 is 5.97 Å². The summed E-state index contributed by atoms with van der Waals surface area (Å²) in [6, 6.07) is 14.6. The van der Waals surface area contributed by atoms with Crippen molar-refractivity contribution in [3.63, 3.8) is 0 Å². The Morgan fingerprint density at radius 1 is 1.08 bits per heavy atom. The molecule has 0 fully saturated rings. The fraction of sp³-hybridized carbons (Fsp3) is 0.148. The molecule has 0 bridgehead atoms. The summed E-state index contributed by atoms with van der Waals surface area (Å²) in [5.74, 6) is 0.0549. The molecule has 0 N–H and O–H groups in total. The number of esters is 1. The van der Waals surface area contributed by atoms with Gasteiger partial charge in [0.1, 0.15) is 22.6 Å². The number of furan rings is 1. The largest absolute Gasteiger partial charge is 0.467 e. The predicted octanol–water partition coefficient (Wildman–Crippen LogP) is 2.94. The van der Waals surface area contributed by atoms with E-state index < -0.39 is 17.4 Å². The van der Waals surface area contributed by atoms with Crippen LogP contribution in [-0.2, 0) is 11.3 Å². The third kappa shape index (κ3) is 3.99. The van der Waals surface area contributed by atoms with Gasteiger partial charge in [0.25, 0.3) is 11.5 Å². The van der Waals surface area contributed by atoms with Gasteiger partial charge in [-0.25, -0.2) is 9.78 Å². The Labute approximate surface area is 214 Å². The number of ether oxygens (including phenoxy) is 3. The van der Waals surface area contributed by atoms with Crippen LogP contribution in [0.1, 0.15) is 33.4 Å². The molecule has 11 heteroatoms. The van der Waals surface area contributed by atoms with E-state index in [2.05, 4.69) is 9.98 Å². The summed E-state index contributed by atoms with van der Waals surface area (Å²) in [4.78, 5) is 49.0. The van der Waals surface area contributed by atoms with E-state index in [1.807, 2.05) is 0 Å². The third-order valence-electron chi connectivity index (χ3n) is 6.01. The summed E-state index contributed by atoms with van der Waals surface area (Å²) in [6.45, 7) is 1.84. The van der Waals surface area contributed by atoms with Crippen LogP contribution in [0.25, 0.3) is 16.7 Å². The molecular formula is C27H20N4O7. The number of benzene rings is 1. The molecule has 0 saturated heterocycles. The Balaban J connectivity index is 1.67. The molecule has 5 aromatic rings. The minimum atomic E-state index is -0.739. The van der Waals surface area contributed by atoms with Gasteiger partial charge < -0.3 is 23.2 Å². The second-order valence-corrected chi connectivity index (χ2v) is 8.34. The average Bonchev–Trinajstić information content (AvgIpc) is 3.62. The molecule has 1 amide bonds. The summed E-state index contributed by atoms with van der Waals surface area (Å²) >= 11 is 0. The van der Waals surface area contributed by atoms with Crippen molar-refractivity contribution in [2.24, 2.45) is 4.99 Å². The summed E-state index contributed by atoms with van der Waals surface area (Å²) in [5.41, 5.74) is 0.355. The molecule has 4 aromatic heterocycles. The van der Waals surface area contributed by atoms with Crippen LogP contribution < -0.4 is 20.5 Å². The Morgan fingerprint density at radius 2 is 1.95 bits per heavy atom. The van der Waals surface area contributed by atoms with Crippen molar-refractivity contribution in [3.8, 4) is 11.5 Å². The third-order valence-corrected chi connectivity index (χ3v) is 6.01. The fourth-order valence-electron chi connectivity index (χ4n) is 4.26. The molecule has 0 radical (unpaired) electrons. The van der Waals surface area contributed by atoms with Gasteiger partial charge in [0, 0.05) is 11.8 Å². The van der Waals surface area contributed by atoms with E-state index in [-0.39, 0.29) is 47.6 Å².